The summed E-state index contributed by atoms with van der Waals surface area (Å²) in [7, 11) is 0. The average Bonchev–Trinajstić information content (AvgIpc) is 2.36. The Morgan fingerprint density at radius 2 is 1.95 bits per heavy atom. The van der Waals surface area contributed by atoms with Crippen molar-refractivity contribution in [3.8, 4) is 0 Å². The number of hydrogen-bond acceptors (Lipinski definition) is 2. The third kappa shape index (κ3) is 4.92. The Labute approximate surface area is 125 Å². The van der Waals surface area contributed by atoms with E-state index in [1.807, 2.05) is 0 Å². The molecule has 3 nitrogen and oxygen atoms in total. The predicted molar refractivity (Wildman–Crippen MR) is 68.1 cm³/mol. The number of carbonyl (C=O) groups is 1. The number of benzene rings is 1. The summed E-state index contributed by atoms with van der Waals surface area (Å²) in [6.07, 6.45) is -7.51. The van der Waals surface area contributed by atoms with Crippen LogP contribution >= 0.6 is 15.9 Å². The average molecular weight is 376 g/mol. The van der Waals surface area contributed by atoms with Crippen LogP contribution in [0.2, 0.25) is 0 Å². The Balaban J connectivity index is 3.14. The molecule has 0 aliphatic carbocycles. The molecule has 118 valence electrons. The first-order valence-electron chi connectivity index (χ1n) is 5.72. The van der Waals surface area contributed by atoms with Crippen LogP contribution in [-0.2, 0) is 6.18 Å². The second-order valence-electron chi connectivity index (χ2n) is 4.06. The van der Waals surface area contributed by atoms with Crippen molar-refractivity contribution in [2.24, 2.45) is 0 Å². The standard InChI is InChI=1S/C12H11BrF5NO2/c13-9-2-1-7(12(16,17)18)5-8(9)11(21)19(3-4-20)6-10(14)15/h1-2,5,10,20H,3-4,6H2. The summed E-state index contributed by atoms with van der Waals surface area (Å²) in [5.41, 5.74) is -1.45. The Hall–Kier alpha value is -1.22. The number of halogens is 6. The summed E-state index contributed by atoms with van der Waals surface area (Å²) < 4.78 is 62.7. The van der Waals surface area contributed by atoms with Gasteiger partial charge in [0.05, 0.1) is 24.3 Å². The normalized spacial score (nSPS) is 11.8. The molecule has 21 heavy (non-hydrogen) atoms. The van der Waals surface area contributed by atoms with E-state index in [0.29, 0.717) is 11.0 Å². The SMILES string of the molecule is O=C(c1cc(C(F)(F)F)ccc1Br)N(CCO)CC(F)F. The van der Waals surface area contributed by atoms with Crippen LogP contribution in [0.15, 0.2) is 22.7 Å². The van der Waals surface area contributed by atoms with Crippen molar-refractivity contribution in [2.75, 3.05) is 19.7 Å². The Morgan fingerprint density at radius 1 is 1.33 bits per heavy atom. The van der Waals surface area contributed by atoms with Crippen LogP contribution in [0.25, 0.3) is 0 Å². The minimum Gasteiger partial charge on any atom is -0.395 e. The minimum atomic E-state index is -4.65. The van der Waals surface area contributed by atoms with Crippen molar-refractivity contribution in [1.82, 2.24) is 4.90 Å². The van der Waals surface area contributed by atoms with Crippen LogP contribution in [0, 0.1) is 0 Å². The largest absolute Gasteiger partial charge is 0.416 e. The van der Waals surface area contributed by atoms with Crippen molar-refractivity contribution in [1.29, 1.82) is 0 Å². The maximum Gasteiger partial charge on any atom is 0.416 e. The van der Waals surface area contributed by atoms with Gasteiger partial charge < -0.3 is 10.0 Å². The Morgan fingerprint density at radius 3 is 2.43 bits per heavy atom. The van der Waals surface area contributed by atoms with E-state index >= 15 is 0 Å². The highest BCUT2D eigenvalue weighted by atomic mass is 79.9. The van der Waals surface area contributed by atoms with Gasteiger partial charge in [-0.3, -0.25) is 4.79 Å². The van der Waals surface area contributed by atoms with E-state index < -0.39 is 43.8 Å². The molecule has 0 saturated carbocycles. The van der Waals surface area contributed by atoms with Crippen molar-refractivity contribution < 1.29 is 31.9 Å². The number of aliphatic hydroxyl groups excluding tert-OH is 1. The summed E-state index contributed by atoms with van der Waals surface area (Å²) in [6, 6.07) is 2.38. The van der Waals surface area contributed by atoms with E-state index in [1.165, 1.54) is 0 Å². The molecule has 0 spiro atoms. The number of alkyl halides is 5. The van der Waals surface area contributed by atoms with Crippen molar-refractivity contribution in [2.45, 2.75) is 12.6 Å². The maximum absolute atomic E-state index is 12.6. The number of rotatable bonds is 5. The highest BCUT2D eigenvalue weighted by Crippen LogP contribution is 2.32. The van der Waals surface area contributed by atoms with E-state index in [0.717, 1.165) is 12.1 Å². The van der Waals surface area contributed by atoms with Crippen LogP contribution < -0.4 is 0 Å². The molecule has 1 N–H and O–H groups in total. The van der Waals surface area contributed by atoms with Crippen molar-refractivity contribution in [3.05, 3.63) is 33.8 Å². The van der Waals surface area contributed by atoms with E-state index in [-0.39, 0.29) is 10.0 Å². The fourth-order valence-electron chi connectivity index (χ4n) is 1.60. The van der Waals surface area contributed by atoms with Gasteiger partial charge in [0.2, 0.25) is 0 Å². The summed E-state index contributed by atoms with van der Waals surface area (Å²) in [5.74, 6) is -1.01. The molecule has 0 saturated heterocycles. The predicted octanol–water partition coefficient (Wildman–Crippen LogP) is 3.17. The third-order valence-corrected chi connectivity index (χ3v) is 3.23. The molecule has 1 aromatic carbocycles. The summed E-state index contributed by atoms with van der Waals surface area (Å²) in [5, 5.41) is 8.77. The molecule has 1 amide bonds. The summed E-state index contributed by atoms with van der Waals surface area (Å²) in [4.78, 5) is 12.7. The Kier molecular flexibility index (Phi) is 6.09. The van der Waals surface area contributed by atoms with E-state index in [9.17, 15) is 26.7 Å². The Bertz CT molecular complexity index is 507. The van der Waals surface area contributed by atoms with Gasteiger partial charge in [0.15, 0.2) is 0 Å². The molecule has 0 fully saturated rings. The number of hydrogen-bond donors (Lipinski definition) is 1. The monoisotopic (exact) mass is 375 g/mol. The van der Waals surface area contributed by atoms with Crippen molar-refractivity contribution in [3.63, 3.8) is 0 Å². The fraction of sp³-hybridized carbons (Fsp3) is 0.417. The van der Waals surface area contributed by atoms with Crippen LogP contribution in [0.4, 0.5) is 22.0 Å². The van der Waals surface area contributed by atoms with E-state index in [4.69, 9.17) is 5.11 Å². The molecule has 1 rings (SSSR count). The first kappa shape index (κ1) is 17.8. The molecule has 0 heterocycles. The lowest BCUT2D eigenvalue weighted by atomic mass is 10.1. The van der Waals surface area contributed by atoms with Crippen LogP contribution in [0.5, 0.6) is 0 Å². The first-order valence-corrected chi connectivity index (χ1v) is 6.51. The molecule has 0 atom stereocenters. The summed E-state index contributed by atoms with van der Waals surface area (Å²) >= 11 is 2.92. The molecule has 0 bridgehead atoms. The molecule has 0 aromatic heterocycles. The van der Waals surface area contributed by atoms with E-state index in [2.05, 4.69) is 15.9 Å². The number of amides is 1. The molecular formula is C12H11BrF5NO2. The lowest BCUT2D eigenvalue weighted by Crippen LogP contribution is -2.37. The number of nitrogens with zero attached hydrogens (tertiary/aromatic N) is 1. The van der Waals surface area contributed by atoms with Gasteiger partial charge in [-0.15, -0.1) is 0 Å². The molecule has 9 heteroatoms. The molecular weight excluding hydrogens is 365 g/mol. The van der Waals surface area contributed by atoms with Crippen molar-refractivity contribution >= 4 is 21.8 Å². The molecule has 1 aromatic rings. The maximum atomic E-state index is 12.6. The molecule has 0 unspecified atom stereocenters. The lowest BCUT2D eigenvalue weighted by molar-refractivity contribution is -0.137. The quantitative estimate of drug-likeness (QED) is 0.803. The number of carbonyl (C=O) groups excluding carboxylic acids is 1. The molecule has 0 radical (unpaired) electrons. The second kappa shape index (κ2) is 7.17. The lowest BCUT2D eigenvalue weighted by Gasteiger charge is -2.22. The van der Waals surface area contributed by atoms with Gasteiger partial charge in [-0.25, -0.2) is 8.78 Å². The molecule has 0 aliphatic rings. The van der Waals surface area contributed by atoms with E-state index in [1.54, 1.807) is 0 Å². The first-order chi connectivity index (χ1) is 9.66. The third-order valence-electron chi connectivity index (χ3n) is 2.54. The van der Waals surface area contributed by atoms with Gasteiger partial charge in [0.1, 0.15) is 0 Å². The van der Waals surface area contributed by atoms with Gasteiger partial charge in [-0.2, -0.15) is 13.2 Å². The van der Waals surface area contributed by atoms with Gasteiger partial charge >= 0.3 is 6.18 Å². The zero-order chi connectivity index (χ0) is 16.2. The zero-order valence-corrected chi connectivity index (χ0v) is 12.1. The number of aliphatic hydroxyl groups is 1. The van der Waals surface area contributed by atoms with Gasteiger partial charge in [0, 0.05) is 11.0 Å². The molecule has 0 aliphatic heterocycles. The smallest absolute Gasteiger partial charge is 0.395 e. The highest BCUT2D eigenvalue weighted by Gasteiger charge is 2.32. The van der Waals surface area contributed by atoms with Gasteiger partial charge in [0.25, 0.3) is 12.3 Å². The minimum absolute atomic E-state index is 0.0534. The summed E-state index contributed by atoms with van der Waals surface area (Å²) in [6.45, 7) is -1.94. The van der Waals surface area contributed by atoms with Gasteiger partial charge in [-0.05, 0) is 34.1 Å². The topological polar surface area (TPSA) is 40.5 Å². The fourth-order valence-corrected chi connectivity index (χ4v) is 2.02. The van der Waals surface area contributed by atoms with Gasteiger partial charge in [-0.1, -0.05) is 0 Å². The highest BCUT2D eigenvalue weighted by molar-refractivity contribution is 9.10. The zero-order valence-electron chi connectivity index (χ0n) is 10.5. The van der Waals surface area contributed by atoms with Crippen LogP contribution in [0.3, 0.4) is 0 Å². The second-order valence-corrected chi connectivity index (χ2v) is 4.91. The van der Waals surface area contributed by atoms with Crippen LogP contribution in [-0.4, -0.2) is 42.0 Å². The van der Waals surface area contributed by atoms with Crippen LogP contribution in [0.1, 0.15) is 15.9 Å².